The number of nitrogens with zero attached hydrogens (tertiary/aromatic N) is 3. The van der Waals surface area contributed by atoms with Crippen molar-refractivity contribution >= 4 is 53.4 Å². The fraction of sp³-hybridized carbons (Fsp3) is 0.0811. The maximum Gasteiger partial charge on any atom is 0.160 e. The molecule has 1 aliphatic heterocycles. The Morgan fingerprint density at radius 3 is 2.41 bits per heavy atom. The van der Waals surface area contributed by atoms with Gasteiger partial charge in [-0.1, -0.05) is 98.7 Å². The van der Waals surface area contributed by atoms with Crippen molar-refractivity contribution in [2.75, 3.05) is 0 Å². The summed E-state index contributed by atoms with van der Waals surface area (Å²) in [4.78, 5) is 9.82. The van der Waals surface area contributed by atoms with Crippen molar-refractivity contribution in [1.29, 1.82) is 0 Å². The number of para-hydroxylation sites is 2. The minimum Gasteiger partial charge on any atom is -0.307 e. The zero-order chi connectivity index (χ0) is 30.8. The normalized spacial score (nSPS) is 15.2. The molecule has 0 amide bonds. The Hall–Kier alpha value is -4.80. The molecular formula is C37H25N3S. The molecule has 0 N–H and O–H groups in total. The maximum atomic E-state index is 8.73. The molecule has 0 saturated heterocycles. The summed E-state index contributed by atoms with van der Waals surface area (Å²) < 4.78 is 39.1. The highest BCUT2D eigenvalue weighted by Crippen LogP contribution is 2.51. The number of rotatable bonds is 2. The molecule has 4 heteroatoms. The molecule has 0 aliphatic carbocycles. The van der Waals surface area contributed by atoms with Crippen LogP contribution in [0, 0.1) is 0 Å². The van der Waals surface area contributed by atoms with Crippen molar-refractivity contribution in [3.05, 3.63) is 126 Å². The molecule has 3 nitrogen and oxygen atoms in total. The zero-order valence-electron chi connectivity index (χ0n) is 26.4. The summed E-state index contributed by atoms with van der Waals surface area (Å²) in [5, 5.41) is 2.84. The van der Waals surface area contributed by atoms with Gasteiger partial charge >= 0.3 is 0 Å². The summed E-state index contributed by atoms with van der Waals surface area (Å²) in [5.74, 6) is 0.424. The standard InChI is InChI=1S/C37H25N3S/c1-37(2)27-16-10-15-26-33(27)40(34-25-14-7-9-18-31(25)41-35(26)34)30-20-19-23(21-28(30)37)36-38-29-17-8-6-13-24(29)32(39-36)22-11-4-3-5-12-22/h3-21H,1-2H3/i6D,8D,13D,17D. The predicted molar refractivity (Wildman–Crippen MR) is 172 cm³/mol. The topological polar surface area (TPSA) is 30.7 Å². The Bertz CT molecular complexity index is 2570. The summed E-state index contributed by atoms with van der Waals surface area (Å²) in [5.41, 5.74) is 7.95. The lowest BCUT2D eigenvalue weighted by Crippen LogP contribution is -2.26. The van der Waals surface area contributed by atoms with E-state index in [1.807, 2.05) is 47.7 Å². The van der Waals surface area contributed by atoms with Crippen LogP contribution in [0.2, 0.25) is 0 Å². The summed E-state index contributed by atoms with van der Waals surface area (Å²) in [6.07, 6.45) is 0. The summed E-state index contributed by atoms with van der Waals surface area (Å²) in [7, 11) is 0. The van der Waals surface area contributed by atoms with Gasteiger partial charge in [-0.3, -0.25) is 0 Å². The lowest BCUT2D eigenvalue weighted by atomic mass is 9.74. The summed E-state index contributed by atoms with van der Waals surface area (Å²) >= 11 is 1.84. The number of aromatic nitrogens is 3. The van der Waals surface area contributed by atoms with Crippen molar-refractivity contribution in [3.8, 4) is 28.3 Å². The number of thiophene rings is 1. The van der Waals surface area contributed by atoms with E-state index >= 15 is 0 Å². The van der Waals surface area contributed by atoms with Gasteiger partial charge in [-0.25, -0.2) is 9.97 Å². The van der Waals surface area contributed by atoms with Crippen LogP contribution in [0.5, 0.6) is 0 Å². The zero-order valence-corrected chi connectivity index (χ0v) is 23.2. The number of fused-ring (bicyclic) bond motifs is 8. The third-order valence-electron chi connectivity index (χ3n) is 8.53. The Labute approximate surface area is 247 Å². The van der Waals surface area contributed by atoms with Gasteiger partial charge in [0.15, 0.2) is 5.82 Å². The van der Waals surface area contributed by atoms with Crippen LogP contribution in [0.3, 0.4) is 0 Å². The van der Waals surface area contributed by atoms with Crippen LogP contribution in [0.15, 0.2) is 115 Å². The Balaban J connectivity index is 1.35. The molecule has 194 valence electrons. The quantitative estimate of drug-likeness (QED) is 0.216. The van der Waals surface area contributed by atoms with Gasteiger partial charge in [-0.15, -0.1) is 11.3 Å². The fourth-order valence-corrected chi connectivity index (χ4v) is 7.78. The number of hydrogen-bond donors (Lipinski definition) is 0. The minimum absolute atomic E-state index is 0.136. The van der Waals surface area contributed by atoms with Crippen LogP contribution in [-0.4, -0.2) is 14.5 Å². The first-order valence-electron chi connectivity index (χ1n) is 15.7. The van der Waals surface area contributed by atoms with Gasteiger partial charge in [0, 0.05) is 37.4 Å². The van der Waals surface area contributed by atoms with Gasteiger partial charge in [-0.2, -0.15) is 0 Å². The third kappa shape index (κ3) is 3.08. The molecule has 0 bridgehead atoms. The van der Waals surface area contributed by atoms with Gasteiger partial charge in [-0.05, 0) is 41.4 Å². The number of benzene rings is 5. The van der Waals surface area contributed by atoms with Gasteiger partial charge in [0.25, 0.3) is 0 Å². The second kappa shape index (κ2) is 8.12. The van der Waals surface area contributed by atoms with Gasteiger partial charge in [0.1, 0.15) is 0 Å². The smallest absolute Gasteiger partial charge is 0.160 e. The average Bonchev–Trinajstić information content (AvgIpc) is 3.60. The van der Waals surface area contributed by atoms with E-state index in [1.54, 1.807) is 0 Å². The van der Waals surface area contributed by atoms with E-state index in [-0.39, 0.29) is 35.1 Å². The molecule has 9 rings (SSSR count). The minimum atomic E-state index is -0.320. The van der Waals surface area contributed by atoms with Crippen molar-refractivity contribution in [2.24, 2.45) is 0 Å². The van der Waals surface area contributed by atoms with Gasteiger partial charge in [0.2, 0.25) is 0 Å². The Morgan fingerprint density at radius 1 is 0.707 bits per heavy atom. The first-order valence-corrected chi connectivity index (χ1v) is 14.5. The molecular weight excluding hydrogens is 518 g/mol. The van der Waals surface area contributed by atoms with Crippen LogP contribution >= 0.6 is 11.3 Å². The van der Waals surface area contributed by atoms with Crippen molar-refractivity contribution in [2.45, 2.75) is 19.3 Å². The molecule has 1 aliphatic rings. The fourth-order valence-electron chi connectivity index (χ4n) is 6.56. The van der Waals surface area contributed by atoms with E-state index in [2.05, 4.69) is 73.0 Å². The van der Waals surface area contributed by atoms with E-state index < -0.39 is 0 Å². The van der Waals surface area contributed by atoms with Crippen molar-refractivity contribution < 1.29 is 5.48 Å². The highest BCUT2D eigenvalue weighted by atomic mass is 32.1. The van der Waals surface area contributed by atoms with E-state index in [0.29, 0.717) is 16.9 Å². The SMILES string of the molecule is [2H]c1c([2H])c([2H])c2c(-c3ccccc3)nc(-c3ccc4c(c3)C(C)(C)c3cccc5c6sc7ccccc7c6n-4c35)nc2c1[2H]. The second-order valence-corrected chi connectivity index (χ2v) is 12.2. The molecule has 3 aromatic heterocycles. The summed E-state index contributed by atoms with van der Waals surface area (Å²) in [6, 6.07) is 30.2. The lowest BCUT2D eigenvalue weighted by molar-refractivity contribution is 0.630. The predicted octanol–water partition coefficient (Wildman–Crippen LogP) is 9.91. The van der Waals surface area contributed by atoms with Crippen LogP contribution < -0.4 is 0 Å². The molecule has 0 fully saturated rings. The molecule has 0 saturated carbocycles. The first kappa shape index (κ1) is 19.3. The molecule has 0 spiro atoms. The van der Waals surface area contributed by atoms with Crippen LogP contribution in [0.25, 0.3) is 70.4 Å². The van der Waals surface area contributed by atoms with Crippen molar-refractivity contribution in [1.82, 2.24) is 14.5 Å². The van der Waals surface area contributed by atoms with Gasteiger partial charge in [0.05, 0.1) is 38.1 Å². The van der Waals surface area contributed by atoms with Crippen molar-refractivity contribution in [3.63, 3.8) is 0 Å². The molecule has 8 aromatic rings. The van der Waals surface area contributed by atoms with E-state index in [4.69, 9.17) is 15.5 Å². The van der Waals surface area contributed by atoms with Crippen LogP contribution in [-0.2, 0) is 5.41 Å². The molecule has 5 aromatic carbocycles. The van der Waals surface area contributed by atoms with E-state index in [1.165, 1.54) is 36.8 Å². The Kier molecular flexibility index (Phi) is 3.82. The summed E-state index contributed by atoms with van der Waals surface area (Å²) in [6.45, 7) is 4.53. The van der Waals surface area contributed by atoms with Gasteiger partial charge < -0.3 is 4.57 Å². The van der Waals surface area contributed by atoms with E-state index in [0.717, 1.165) is 22.4 Å². The molecule has 0 unspecified atom stereocenters. The maximum absolute atomic E-state index is 8.73. The highest BCUT2D eigenvalue weighted by molar-refractivity contribution is 7.26. The highest BCUT2D eigenvalue weighted by Gasteiger charge is 2.36. The molecule has 0 atom stereocenters. The molecule has 0 radical (unpaired) electrons. The Morgan fingerprint density at radius 2 is 1.51 bits per heavy atom. The third-order valence-corrected chi connectivity index (χ3v) is 9.72. The number of hydrogen-bond acceptors (Lipinski definition) is 3. The second-order valence-electron chi connectivity index (χ2n) is 11.2. The average molecular weight is 548 g/mol. The van der Waals surface area contributed by atoms with Crippen LogP contribution in [0.1, 0.15) is 30.5 Å². The molecule has 41 heavy (non-hydrogen) atoms. The molecule has 4 heterocycles. The monoisotopic (exact) mass is 547 g/mol. The lowest BCUT2D eigenvalue weighted by Gasteiger charge is -2.35. The van der Waals surface area contributed by atoms with Crippen LogP contribution in [0.4, 0.5) is 0 Å². The van der Waals surface area contributed by atoms with E-state index in [9.17, 15) is 0 Å². The first-order chi connectivity index (χ1) is 21.8. The largest absolute Gasteiger partial charge is 0.307 e.